The Hall–Kier alpha value is -0.160. The van der Waals surface area contributed by atoms with Gasteiger partial charge in [-0.2, -0.15) is 0 Å². The molecule has 0 aromatic heterocycles. The lowest BCUT2D eigenvalue weighted by Crippen LogP contribution is -2.52. The van der Waals surface area contributed by atoms with Gasteiger partial charge in [-0.15, -0.1) is 0 Å². The van der Waals surface area contributed by atoms with E-state index >= 15 is 0 Å². The van der Waals surface area contributed by atoms with Crippen molar-refractivity contribution in [2.75, 3.05) is 26.2 Å². The Morgan fingerprint density at radius 1 is 1.25 bits per heavy atom. The van der Waals surface area contributed by atoms with Crippen molar-refractivity contribution in [3.05, 3.63) is 0 Å². The number of nitrogens with one attached hydrogen (secondary N) is 1. The van der Waals surface area contributed by atoms with Crippen LogP contribution in [0.1, 0.15) is 47.0 Å². The molecule has 0 radical (unpaired) electrons. The summed E-state index contributed by atoms with van der Waals surface area (Å²) in [5, 5.41) is 3.70. The summed E-state index contributed by atoms with van der Waals surface area (Å²) in [7, 11) is 0. The third-order valence-electron chi connectivity index (χ3n) is 5.13. The van der Waals surface area contributed by atoms with Gasteiger partial charge in [-0.25, -0.2) is 0 Å². The van der Waals surface area contributed by atoms with E-state index in [0.717, 1.165) is 26.1 Å². The highest BCUT2D eigenvalue weighted by Gasteiger charge is 2.45. The highest BCUT2D eigenvalue weighted by atomic mass is 16.5. The third-order valence-corrected chi connectivity index (χ3v) is 5.13. The summed E-state index contributed by atoms with van der Waals surface area (Å²) in [5.74, 6) is 0. The van der Waals surface area contributed by atoms with Crippen LogP contribution in [0.15, 0.2) is 0 Å². The molecule has 3 atom stereocenters. The summed E-state index contributed by atoms with van der Waals surface area (Å²) in [6.07, 6.45) is 4.06. The molecule has 116 valence electrons. The normalized spacial score (nSPS) is 39.9. The molecule has 0 aromatic rings. The molecule has 3 rings (SSSR count). The van der Waals surface area contributed by atoms with E-state index in [2.05, 4.69) is 37.9 Å². The molecule has 0 aromatic carbocycles. The molecule has 4 nitrogen and oxygen atoms in total. The number of morpholine rings is 1. The van der Waals surface area contributed by atoms with Crippen molar-refractivity contribution in [2.24, 2.45) is 0 Å². The minimum Gasteiger partial charge on any atom is -0.374 e. The summed E-state index contributed by atoms with van der Waals surface area (Å²) in [5.41, 5.74) is -0.108. The lowest BCUT2D eigenvalue weighted by Gasteiger charge is -2.36. The summed E-state index contributed by atoms with van der Waals surface area (Å²) < 4.78 is 12.2. The number of hydrogen-bond acceptors (Lipinski definition) is 4. The zero-order valence-electron chi connectivity index (χ0n) is 13.4. The van der Waals surface area contributed by atoms with Crippen LogP contribution < -0.4 is 5.32 Å². The molecular weight excluding hydrogens is 252 g/mol. The van der Waals surface area contributed by atoms with Crippen molar-refractivity contribution < 1.29 is 9.47 Å². The first-order chi connectivity index (χ1) is 9.36. The van der Waals surface area contributed by atoms with Crippen LogP contribution in [-0.4, -0.2) is 60.5 Å². The van der Waals surface area contributed by atoms with Crippen LogP contribution in [0.25, 0.3) is 0 Å². The van der Waals surface area contributed by atoms with Gasteiger partial charge < -0.3 is 14.8 Å². The summed E-state index contributed by atoms with van der Waals surface area (Å²) in [6.45, 7) is 13.0. The van der Waals surface area contributed by atoms with Crippen LogP contribution in [-0.2, 0) is 9.47 Å². The molecule has 4 heteroatoms. The second kappa shape index (κ2) is 5.24. The average molecular weight is 282 g/mol. The van der Waals surface area contributed by atoms with Gasteiger partial charge in [-0.1, -0.05) is 0 Å². The SMILES string of the molecule is CC1(C)CC(NCC2CN3CCCC3CO2)C(C)(C)O1. The lowest BCUT2D eigenvalue weighted by molar-refractivity contribution is -0.0734. The molecule has 3 aliphatic heterocycles. The minimum atomic E-state index is -0.0889. The van der Waals surface area contributed by atoms with Gasteiger partial charge in [0, 0.05) is 25.2 Å². The van der Waals surface area contributed by atoms with Gasteiger partial charge in [0.25, 0.3) is 0 Å². The van der Waals surface area contributed by atoms with E-state index < -0.39 is 0 Å². The molecule has 3 heterocycles. The fourth-order valence-electron chi connectivity index (χ4n) is 4.16. The molecule has 0 aliphatic carbocycles. The Morgan fingerprint density at radius 2 is 2.05 bits per heavy atom. The maximum Gasteiger partial charge on any atom is 0.0827 e. The predicted octanol–water partition coefficient (Wildman–Crippen LogP) is 1.79. The van der Waals surface area contributed by atoms with Gasteiger partial charge >= 0.3 is 0 Å². The molecule has 1 N–H and O–H groups in total. The highest BCUT2D eigenvalue weighted by molar-refractivity contribution is 4.99. The Labute approximate surface area is 123 Å². The number of hydrogen-bond donors (Lipinski definition) is 1. The van der Waals surface area contributed by atoms with Crippen LogP contribution >= 0.6 is 0 Å². The average Bonchev–Trinajstić information content (AvgIpc) is 2.87. The topological polar surface area (TPSA) is 33.7 Å². The van der Waals surface area contributed by atoms with Gasteiger partial charge in [0.15, 0.2) is 0 Å². The van der Waals surface area contributed by atoms with E-state index in [0.29, 0.717) is 18.2 Å². The Kier molecular flexibility index (Phi) is 3.87. The highest BCUT2D eigenvalue weighted by Crippen LogP contribution is 2.37. The molecule has 0 spiro atoms. The zero-order valence-corrected chi connectivity index (χ0v) is 13.4. The first kappa shape index (κ1) is 14.8. The second-order valence-corrected chi connectivity index (χ2v) is 7.88. The summed E-state index contributed by atoms with van der Waals surface area (Å²) in [6, 6.07) is 1.11. The van der Waals surface area contributed by atoms with Crippen LogP contribution in [0, 0.1) is 0 Å². The van der Waals surface area contributed by atoms with Crippen LogP contribution in [0.5, 0.6) is 0 Å². The first-order valence-corrected chi connectivity index (χ1v) is 8.15. The monoisotopic (exact) mass is 282 g/mol. The van der Waals surface area contributed by atoms with Crippen LogP contribution in [0.2, 0.25) is 0 Å². The van der Waals surface area contributed by atoms with Crippen molar-refractivity contribution in [2.45, 2.75) is 76.3 Å². The Bertz CT molecular complexity index is 356. The first-order valence-electron chi connectivity index (χ1n) is 8.15. The maximum absolute atomic E-state index is 6.14. The smallest absolute Gasteiger partial charge is 0.0827 e. The number of ether oxygens (including phenoxy) is 2. The van der Waals surface area contributed by atoms with Crippen molar-refractivity contribution in [1.29, 1.82) is 0 Å². The van der Waals surface area contributed by atoms with Crippen molar-refractivity contribution in [1.82, 2.24) is 10.2 Å². The largest absolute Gasteiger partial charge is 0.374 e. The second-order valence-electron chi connectivity index (χ2n) is 7.88. The number of nitrogens with zero attached hydrogens (tertiary/aromatic N) is 1. The van der Waals surface area contributed by atoms with E-state index in [1.807, 2.05) is 0 Å². The van der Waals surface area contributed by atoms with E-state index in [-0.39, 0.29) is 11.2 Å². The molecule has 0 bridgehead atoms. The van der Waals surface area contributed by atoms with Gasteiger partial charge in [-0.05, 0) is 53.5 Å². The number of fused-ring (bicyclic) bond motifs is 1. The van der Waals surface area contributed by atoms with Crippen molar-refractivity contribution in [3.63, 3.8) is 0 Å². The minimum absolute atomic E-state index is 0.0192. The van der Waals surface area contributed by atoms with E-state index in [1.54, 1.807) is 0 Å². The van der Waals surface area contributed by atoms with Gasteiger partial charge in [-0.3, -0.25) is 4.90 Å². The van der Waals surface area contributed by atoms with E-state index in [1.165, 1.54) is 19.4 Å². The Balaban J connectivity index is 1.50. The summed E-state index contributed by atoms with van der Waals surface area (Å²) in [4.78, 5) is 2.61. The number of rotatable bonds is 3. The molecule has 3 fully saturated rings. The predicted molar refractivity (Wildman–Crippen MR) is 80.0 cm³/mol. The molecular formula is C16H30N2O2. The zero-order chi connectivity index (χ0) is 14.4. The maximum atomic E-state index is 6.14. The quantitative estimate of drug-likeness (QED) is 0.855. The lowest BCUT2D eigenvalue weighted by atomic mass is 9.94. The van der Waals surface area contributed by atoms with E-state index in [4.69, 9.17) is 9.47 Å². The van der Waals surface area contributed by atoms with E-state index in [9.17, 15) is 0 Å². The third kappa shape index (κ3) is 3.03. The van der Waals surface area contributed by atoms with Crippen molar-refractivity contribution in [3.8, 4) is 0 Å². The molecule has 20 heavy (non-hydrogen) atoms. The molecule has 0 amide bonds. The van der Waals surface area contributed by atoms with Gasteiger partial charge in [0.2, 0.25) is 0 Å². The summed E-state index contributed by atoms with van der Waals surface area (Å²) >= 11 is 0. The van der Waals surface area contributed by atoms with Crippen LogP contribution in [0.4, 0.5) is 0 Å². The molecule has 3 aliphatic rings. The van der Waals surface area contributed by atoms with Gasteiger partial charge in [0.05, 0.1) is 23.9 Å². The molecule has 3 unspecified atom stereocenters. The van der Waals surface area contributed by atoms with Crippen LogP contribution in [0.3, 0.4) is 0 Å². The fourth-order valence-corrected chi connectivity index (χ4v) is 4.16. The van der Waals surface area contributed by atoms with Gasteiger partial charge in [0.1, 0.15) is 0 Å². The van der Waals surface area contributed by atoms with Crippen molar-refractivity contribution >= 4 is 0 Å². The fraction of sp³-hybridized carbons (Fsp3) is 1.00. The standard InChI is InChI=1S/C16H30N2O2/c1-15(2)8-14(16(3,4)20-15)17-9-13-10-18-7-5-6-12(18)11-19-13/h12-14,17H,5-11H2,1-4H3. The molecule has 0 saturated carbocycles. The molecule has 3 saturated heterocycles. The Morgan fingerprint density at radius 3 is 2.75 bits per heavy atom.